The SMILES string of the molecule is NCCCO[C@@H]1O[C@@H](CO)[C@@H](O[C@@H]2OC(CO)[C@H](O[C@H]3OC(CO)[C@H](O)[C@H](O)C3O)[C@H](O)C2O)C(O)C1O. The van der Waals surface area contributed by atoms with Crippen LogP contribution in [0.5, 0.6) is 0 Å². The molecule has 0 radical (unpaired) electrons. The molecule has 0 spiro atoms. The molecule has 12 N–H and O–H groups in total. The molecule has 3 aliphatic rings. The number of ether oxygens (including phenoxy) is 6. The molecule has 3 aliphatic heterocycles. The van der Waals surface area contributed by atoms with Gasteiger partial charge in [0.15, 0.2) is 18.9 Å². The van der Waals surface area contributed by atoms with Crippen molar-refractivity contribution in [2.45, 2.75) is 98.5 Å². The fraction of sp³-hybridized carbons (Fsp3) is 1.00. The lowest BCUT2D eigenvalue weighted by Crippen LogP contribution is -2.66. The van der Waals surface area contributed by atoms with Crippen molar-refractivity contribution < 1.29 is 79.5 Å². The van der Waals surface area contributed by atoms with Crippen LogP contribution in [0, 0.1) is 0 Å². The maximum absolute atomic E-state index is 10.7. The summed E-state index contributed by atoms with van der Waals surface area (Å²) in [6.45, 7) is -1.81. The van der Waals surface area contributed by atoms with Crippen LogP contribution in [0.3, 0.4) is 0 Å². The van der Waals surface area contributed by atoms with E-state index in [1.165, 1.54) is 0 Å². The van der Waals surface area contributed by atoms with Gasteiger partial charge in [0.05, 0.1) is 26.4 Å². The van der Waals surface area contributed by atoms with Crippen molar-refractivity contribution >= 4 is 0 Å². The summed E-state index contributed by atoms with van der Waals surface area (Å²) in [6, 6.07) is 0. The Morgan fingerprint density at radius 1 is 0.526 bits per heavy atom. The van der Waals surface area contributed by atoms with Crippen LogP contribution in [-0.4, -0.2) is 176 Å². The molecule has 224 valence electrons. The lowest BCUT2D eigenvalue weighted by molar-refractivity contribution is -0.379. The van der Waals surface area contributed by atoms with E-state index in [-0.39, 0.29) is 6.61 Å². The maximum atomic E-state index is 10.7. The van der Waals surface area contributed by atoms with Crippen LogP contribution in [0.2, 0.25) is 0 Å². The Balaban J connectivity index is 1.68. The summed E-state index contributed by atoms with van der Waals surface area (Å²) < 4.78 is 32.6. The van der Waals surface area contributed by atoms with Crippen LogP contribution >= 0.6 is 0 Å². The molecule has 3 saturated heterocycles. The first-order valence-electron chi connectivity index (χ1n) is 12.3. The summed E-state index contributed by atoms with van der Waals surface area (Å²) in [6.07, 6.45) is -23.6. The number of hydrogen-bond acceptors (Lipinski definition) is 17. The quantitative estimate of drug-likeness (QED) is 0.104. The summed E-state index contributed by atoms with van der Waals surface area (Å²) in [5.41, 5.74) is 5.40. The van der Waals surface area contributed by atoms with E-state index in [2.05, 4.69) is 0 Å². The molecule has 0 aliphatic carbocycles. The monoisotopic (exact) mass is 561 g/mol. The second kappa shape index (κ2) is 14.3. The molecule has 0 bridgehead atoms. The second-order valence-electron chi connectivity index (χ2n) is 9.33. The Bertz CT molecular complexity index is 702. The molecule has 6 unspecified atom stereocenters. The normalized spacial score (nSPS) is 48.2. The summed E-state index contributed by atoms with van der Waals surface area (Å²) in [5, 5.41) is 101. The van der Waals surface area contributed by atoms with Gasteiger partial charge in [-0.2, -0.15) is 0 Å². The molecular weight excluding hydrogens is 522 g/mol. The standard InChI is InChI=1S/C21H39NO16/c22-2-1-3-33-19-15(31)12(28)17(8(5-24)35-19)38-21-16(32)13(29)18(9(6-25)36-21)37-20-14(30)11(27)10(26)7(4-23)34-20/h7-21,23-32H,1-6,22H2/t7?,8-,9?,10-,11-,12?,13+,14?,15?,16?,17+,18-,19+,20+,21-/m0/s1. The van der Waals surface area contributed by atoms with Crippen molar-refractivity contribution in [3.8, 4) is 0 Å². The van der Waals surface area contributed by atoms with Gasteiger partial charge in [-0.25, -0.2) is 0 Å². The van der Waals surface area contributed by atoms with E-state index < -0.39 is 112 Å². The highest BCUT2D eigenvalue weighted by Gasteiger charge is 2.53. The Morgan fingerprint density at radius 3 is 1.42 bits per heavy atom. The zero-order chi connectivity index (χ0) is 28.1. The first kappa shape index (κ1) is 31.8. The predicted octanol–water partition coefficient (Wildman–Crippen LogP) is -7.20. The van der Waals surface area contributed by atoms with E-state index in [9.17, 15) is 51.1 Å². The highest BCUT2D eigenvalue weighted by Crippen LogP contribution is 2.32. The fourth-order valence-corrected chi connectivity index (χ4v) is 4.46. The Morgan fingerprint density at radius 2 is 0.947 bits per heavy atom. The Labute approximate surface area is 217 Å². The van der Waals surface area contributed by atoms with Gasteiger partial charge in [0.25, 0.3) is 0 Å². The van der Waals surface area contributed by atoms with Crippen molar-refractivity contribution in [3.05, 3.63) is 0 Å². The number of rotatable bonds is 11. The van der Waals surface area contributed by atoms with Crippen molar-refractivity contribution in [1.29, 1.82) is 0 Å². The molecule has 38 heavy (non-hydrogen) atoms. The van der Waals surface area contributed by atoms with Gasteiger partial charge in [-0.3, -0.25) is 0 Å². The molecule has 0 aromatic carbocycles. The van der Waals surface area contributed by atoms with Crippen LogP contribution in [0.1, 0.15) is 6.42 Å². The Kier molecular flexibility index (Phi) is 12.0. The molecule has 3 heterocycles. The van der Waals surface area contributed by atoms with Gasteiger partial charge in [0.1, 0.15) is 73.2 Å². The summed E-state index contributed by atoms with van der Waals surface area (Å²) in [7, 11) is 0. The summed E-state index contributed by atoms with van der Waals surface area (Å²) >= 11 is 0. The van der Waals surface area contributed by atoms with E-state index >= 15 is 0 Å². The van der Waals surface area contributed by atoms with Crippen molar-refractivity contribution in [3.63, 3.8) is 0 Å². The zero-order valence-electron chi connectivity index (χ0n) is 20.4. The smallest absolute Gasteiger partial charge is 0.187 e. The van der Waals surface area contributed by atoms with E-state index in [1.807, 2.05) is 0 Å². The van der Waals surface area contributed by atoms with E-state index in [1.54, 1.807) is 0 Å². The van der Waals surface area contributed by atoms with Gasteiger partial charge in [0.2, 0.25) is 0 Å². The number of hydrogen-bond donors (Lipinski definition) is 11. The fourth-order valence-electron chi connectivity index (χ4n) is 4.46. The number of aliphatic hydroxyl groups is 10. The average molecular weight is 562 g/mol. The van der Waals surface area contributed by atoms with Crippen molar-refractivity contribution in [2.75, 3.05) is 33.0 Å². The van der Waals surface area contributed by atoms with Crippen molar-refractivity contribution in [2.24, 2.45) is 5.73 Å². The topological polar surface area (TPSA) is 284 Å². The third-order valence-corrected chi connectivity index (χ3v) is 6.70. The molecule has 0 saturated carbocycles. The van der Waals surface area contributed by atoms with Gasteiger partial charge in [-0.05, 0) is 13.0 Å². The third-order valence-electron chi connectivity index (χ3n) is 6.70. The van der Waals surface area contributed by atoms with Crippen LogP contribution in [-0.2, 0) is 28.4 Å². The van der Waals surface area contributed by atoms with Crippen LogP contribution in [0.15, 0.2) is 0 Å². The minimum atomic E-state index is -1.89. The van der Waals surface area contributed by atoms with E-state index in [0.29, 0.717) is 13.0 Å². The molecule has 0 aromatic heterocycles. The minimum absolute atomic E-state index is 0.110. The lowest BCUT2D eigenvalue weighted by Gasteiger charge is -2.48. The zero-order valence-corrected chi connectivity index (χ0v) is 20.4. The second-order valence-corrected chi connectivity index (χ2v) is 9.33. The summed E-state index contributed by atoms with van der Waals surface area (Å²) in [5.74, 6) is 0. The first-order chi connectivity index (χ1) is 18.1. The van der Waals surface area contributed by atoms with E-state index in [0.717, 1.165) is 0 Å². The van der Waals surface area contributed by atoms with Gasteiger partial charge in [-0.1, -0.05) is 0 Å². The van der Waals surface area contributed by atoms with Crippen LogP contribution in [0.25, 0.3) is 0 Å². The largest absolute Gasteiger partial charge is 0.394 e. The van der Waals surface area contributed by atoms with Crippen LogP contribution in [0.4, 0.5) is 0 Å². The molecule has 0 aromatic rings. The maximum Gasteiger partial charge on any atom is 0.187 e. The minimum Gasteiger partial charge on any atom is -0.394 e. The number of aliphatic hydroxyl groups excluding tert-OH is 10. The van der Waals surface area contributed by atoms with E-state index in [4.69, 9.17) is 34.2 Å². The lowest BCUT2D eigenvalue weighted by atomic mass is 9.96. The highest BCUT2D eigenvalue weighted by molar-refractivity contribution is 4.96. The molecule has 17 nitrogen and oxygen atoms in total. The van der Waals surface area contributed by atoms with Gasteiger partial charge in [-0.15, -0.1) is 0 Å². The van der Waals surface area contributed by atoms with Gasteiger partial charge in [0, 0.05) is 0 Å². The Hall–Kier alpha value is -0.680. The molecule has 15 atom stereocenters. The molecule has 17 heteroatoms. The predicted molar refractivity (Wildman–Crippen MR) is 119 cm³/mol. The summed E-state index contributed by atoms with van der Waals surface area (Å²) in [4.78, 5) is 0. The molecule has 3 rings (SSSR count). The molecular formula is C21H39NO16. The third kappa shape index (κ3) is 6.78. The first-order valence-corrected chi connectivity index (χ1v) is 12.3. The molecule has 0 amide bonds. The van der Waals surface area contributed by atoms with Gasteiger partial charge >= 0.3 is 0 Å². The number of nitrogens with two attached hydrogens (primary N) is 1. The molecule has 3 fully saturated rings. The van der Waals surface area contributed by atoms with Gasteiger partial charge < -0.3 is 85.2 Å². The average Bonchev–Trinajstić information content (AvgIpc) is 2.91. The highest BCUT2D eigenvalue weighted by atomic mass is 16.8. The van der Waals surface area contributed by atoms with Crippen LogP contribution < -0.4 is 5.73 Å². The van der Waals surface area contributed by atoms with Crippen molar-refractivity contribution in [1.82, 2.24) is 0 Å².